The number of carbonyl (C=O) groups is 1. The van der Waals surface area contributed by atoms with Gasteiger partial charge in [-0.25, -0.2) is 0 Å². The Morgan fingerprint density at radius 1 is 1.32 bits per heavy atom. The number of ether oxygens (including phenoxy) is 2. The van der Waals surface area contributed by atoms with Crippen molar-refractivity contribution in [3.05, 3.63) is 30.3 Å². The lowest BCUT2D eigenvalue weighted by Crippen LogP contribution is -2.57. The molecule has 1 aromatic rings. The smallest absolute Gasteiger partial charge is 0.240 e. The van der Waals surface area contributed by atoms with Gasteiger partial charge in [0.1, 0.15) is 12.4 Å². The standard InChI is InChI=1S/C14H20N2O3/c15-14(6-9-18-10-7-14)13(17)16-8-11-19-12-4-2-1-3-5-12/h1-5H,6-11,15H2,(H,16,17). The molecule has 0 bridgehead atoms. The van der Waals surface area contributed by atoms with Gasteiger partial charge in [0, 0.05) is 13.2 Å². The molecule has 1 aliphatic rings. The lowest BCUT2D eigenvalue weighted by Gasteiger charge is -2.31. The van der Waals surface area contributed by atoms with Crippen molar-refractivity contribution in [1.82, 2.24) is 5.32 Å². The highest BCUT2D eigenvalue weighted by Crippen LogP contribution is 2.17. The van der Waals surface area contributed by atoms with Gasteiger partial charge in [-0.05, 0) is 25.0 Å². The summed E-state index contributed by atoms with van der Waals surface area (Å²) in [5.74, 6) is 0.678. The van der Waals surface area contributed by atoms with Gasteiger partial charge in [0.15, 0.2) is 0 Å². The maximum Gasteiger partial charge on any atom is 0.240 e. The number of amides is 1. The highest BCUT2D eigenvalue weighted by atomic mass is 16.5. The van der Waals surface area contributed by atoms with Crippen LogP contribution in [0.5, 0.6) is 5.75 Å². The first-order valence-electron chi connectivity index (χ1n) is 6.53. The van der Waals surface area contributed by atoms with E-state index in [0.29, 0.717) is 39.2 Å². The molecule has 0 spiro atoms. The van der Waals surface area contributed by atoms with Crippen molar-refractivity contribution < 1.29 is 14.3 Å². The van der Waals surface area contributed by atoms with E-state index in [0.717, 1.165) is 5.75 Å². The van der Waals surface area contributed by atoms with E-state index in [-0.39, 0.29) is 5.91 Å². The van der Waals surface area contributed by atoms with Crippen LogP contribution in [-0.2, 0) is 9.53 Å². The predicted molar refractivity (Wildman–Crippen MR) is 71.9 cm³/mol. The Morgan fingerprint density at radius 3 is 2.68 bits per heavy atom. The van der Waals surface area contributed by atoms with E-state index in [9.17, 15) is 4.79 Å². The summed E-state index contributed by atoms with van der Waals surface area (Å²) in [5, 5.41) is 2.82. The molecule has 1 amide bonds. The zero-order chi connectivity index (χ0) is 13.6. The van der Waals surface area contributed by atoms with Crippen molar-refractivity contribution in [2.24, 2.45) is 5.73 Å². The summed E-state index contributed by atoms with van der Waals surface area (Å²) >= 11 is 0. The summed E-state index contributed by atoms with van der Waals surface area (Å²) in [6.07, 6.45) is 1.14. The molecule has 5 heteroatoms. The SMILES string of the molecule is NC1(C(=O)NCCOc2ccccc2)CCOCC1. The molecule has 0 radical (unpaired) electrons. The second kappa shape index (κ2) is 6.54. The monoisotopic (exact) mass is 264 g/mol. The van der Waals surface area contributed by atoms with Crippen LogP contribution in [0.2, 0.25) is 0 Å². The van der Waals surface area contributed by atoms with Crippen LogP contribution < -0.4 is 15.8 Å². The molecule has 0 unspecified atom stereocenters. The molecule has 0 aliphatic carbocycles. The molecule has 1 heterocycles. The zero-order valence-electron chi connectivity index (χ0n) is 10.9. The van der Waals surface area contributed by atoms with Crippen LogP contribution in [0.15, 0.2) is 30.3 Å². The Kier molecular flexibility index (Phi) is 4.76. The van der Waals surface area contributed by atoms with Crippen LogP contribution in [0, 0.1) is 0 Å². The van der Waals surface area contributed by atoms with Gasteiger partial charge in [0.05, 0.1) is 12.1 Å². The van der Waals surface area contributed by atoms with Gasteiger partial charge in [0.2, 0.25) is 5.91 Å². The molecule has 0 aromatic heterocycles. The average molecular weight is 264 g/mol. The fraction of sp³-hybridized carbons (Fsp3) is 0.500. The van der Waals surface area contributed by atoms with E-state index < -0.39 is 5.54 Å². The van der Waals surface area contributed by atoms with Crippen molar-refractivity contribution >= 4 is 5.91 Å². The molecule has 3 N–H and O–H groups in total. The predicted octanol–water partition coefficient (Wildman–Crippen LogP) is 0.689. The molecule has 104 valence electrons. The van der Waals surface area contributed by atoms with Crippen molar-refractivity contribution in [2.45, 2.75) is 18.4 Å². The number of para-hydroxylation sites is 1. The van der Waals surface area contributed by atoms with Gasteiger partial charge >= 0.3 is 0 Å². The van der Waals surface area contributed by atoms with Gasteiger partial charge in [-0.1, -0.05) is 18.2 Å². The molecular formula is C14H20N2O3. The second-order valence-corrected chi connectivity index (χ2v) is 4.69. The Balaban J connectivity index is 1.69. The topological polar surface area (TPSA) is 73.6 Å². The summed E-state index contributed by atoms with van der Waals surface area (Å²) in [7, 11) is 0. The summed E-state index contributed by atoms with van der Waals surface area (Å²) in [6, 6.07) is 9.50. The second-order valence-electron chi connectivity index (χ2n) is 4.69. The Morgan fingerprint density at radius 2 is 2.00 bits per heavy atom. The number of hydrogen-bond acceptors (Lipinski definition) is 4. The molecule has 1 fully saturated rings. The Labute approximate surface area is 113 Å². The minimum Gasteiger partial charge on any atom is -0.492 e. The Bertz CT molecular complexity index is 402. The maximum atomic E-state index is 12.0. The minimum absolute atomic E-state index is 0.118. The Hall–Kier alpha value is -1.59. The van der Waals surface area contributed by atoms with Crippen LogP contribution in [0.1, 0.15) is 12.8 Å². The molecule has 1 aliphatic heterocycles. The summed E-state index contributed by atoms with van der Waals surface area (Å²) in [4.78, 5) is 12.0. The van der Waals surface area contributed by atoms with Gasteiger partial charge in [-0.2, -0.15) is 0 Å². The quantitative estimate of drug-likeness (QED) is 0.767. The third kappa shape index (κ3) is 3.94. The highest BCUT2D eigenvalue weighted by molar-refractivity contribution is 5.86. The molecule has 1 saturated heterocycles. The zero-order valence-corrected chi connectivity index (χ0v) is 10.9. The van der Waals surface area contributed by atoms with Crippen molar-refractivity contribution in [1.29, 1.82) is 0 Å². The number of benzene rings is 1. The van der Waals surface area contributed by atoms with Crippen LogP contribution in [0.3, 0.4) is 0 Å². The lowest BCUT2D eigenvalue weighted by molar-refractivity contribution is -0.129. The lowest BCUT2D eigenvalue weighted by atomic mass is 9.90. The van der Waals surface area contributed by atoms with Crippen molar-refractivity contribution in [3.63, 3.8) is 0 Å². The first kappa shape index (κ1) is 13.8. The third-order valence-corrected chi connectivity index (χ3v) is 3.24. The van der Waals surface area contributed by atoms with E-state index in [4.69, 9.17) is 15.2 Å². The first-order chi connectivity index (χ1) is 9.21. The number of nitrogens with one attached hydrogen (secondary N) is 1. The molecule has 0 atom stereocenters. The fourth-order valence-electron chi connectivity index (χ4n) is 1.99. The summed E-state index contributed by atoms with van der Waals surface area (Å²) in [6.45, 7) is 1.98. The van der Waals surface area contributed by atoms with Crippen molar-refractivity contribution in [2.75, 3.05) is 26.4 Å². The average Bonchev–Trinajstić information content (AvgIpc) is 2.45. The van der Waals surface area contributed by atoms with Gasteiger partial charge in [0.25, 0.3) is 0 Å². The molecule has 5 nitrogen and oxygen atoms in total. The minimum atomic E-state index is -0.787. The maximum absolute atomic E-state index is 12.0. The van der Waals surface area contributed by atoms with E-state index in [1.807, 2.05) is 30.3 Å². The third-order valence-electron chi connectivity index (χ3n) is 3.24. The van der Waals surface area contributed by atoms with E-state index >= 15 is 0 Å². The van der Waals surface area contributed by atoms with E-state index in [1.165, 1.54) is 0 Å². The molecule has 1 aromatic carbocycles. The number of nitrogens with two attached hydrogens (primary N) is 1. The fourth-order valence-corrected chi connectivity index (χ4v) is 1.99. The molecule has 19 heavy (non-hydrogen) atoms. The van der Waals surface area contributed by atoms with Crippen LogP contribution >= 0.6 is 0 Å². The number of hydrogen-bond donors (Lipinski definition) is 2. The van der Waals surface area contributed by atoms with Crippen LogP contribution in [-0.4, -0.2) is 37.8 Å². The van der Waals surface area contributed by atoms with Gasteiger partial charge < -0.3 is 20.5 Å². The number of rotatable bonds is 5. The normalized spacial score (nSPS) is 17.7. The summed E-state index contributed by atoms with van der Waals surface area (Å²) in [5.41, 5.74) is 5.28. The van der Waals surface area contributed by atoms with Crippen LogP contribution in [0.4, 0.5) is 0 Å². The first-order valence-corrected chi connectivity index (χ1v) is 6.53. The number of carbonyl (C=O) groups excluding carboxylic acids is 1. The highest BCUT2D eigenvalue weighted by Gasteiger charge is 2.35. The molecular weight excluding hydrogens is 244 g/mol. The van der Waals surface area contributed by atoms with E-state index in [2.05, 4.69) is 5.32 Å². The van der Waals surface area contributed by atoms with E-state index in [1.54, 1.807) is 0 Å². The van der Waals surface area contributed by atoms with Crippen LogP contribution in [0.25, 0.3) is 0 Å². The molecule has 0 saturated carbocycles. The van der Waals surface area contributed by atoms with Gasteiger partial charge in [-0.3, -0.25) is 4.79 Å². The van der Waals surface area contributed by atoms with Crippen molar-refractivity contribution in [3.8, 4) is 5.75 Å². The molecule has 2 rings (SSSR count). The largest absolute Gasteiger partial charge is 0.492 e. The van der Waals surface area contributed by atoms with Gasteiger partial charge in [-0.15, -0.1) is 0 Å². The summed E-state index contributed by atoms with van der Waals surface area (Å²) < 4.78 is 10.7.